The van der Waals surface area contributed by atoms with Crippen molar-refractivity contribution < 1.29 is 18.1 Å². The maximum absolute atomic E-state index is 12.9. The summed E-state index contributed by atoms with van der Waals surface area (Å²) in [5.74, 6) is -0.0926. The number of nitriles is 1. The number of carbonyl (C=O) groups is 1. The number of amides is 1. The number of hydrogen-bond donors (Lipinski definition) is 2. The molecule has 0 unspecified atom stereocenters. The van der Waals surface area contributed by atoms with Crippen LogP contribution >= 0.6 is 0 Å². The van der Waals surface area contributed by atoms with E-state index in [9.17, 15) is 18.5 Å². The fraction of sp³-hybridized carbons (Fsp3) is 0.300. The second-order valence-corrected chi connectivity index (χ2v) is 8.76. The topological polar surface area (TPSA) is 94.7 Å². The number of carbonyl (C=O) groups excluding carboxylic acids is 1. The molecule has 28 heavy (non-hydrogen) atoms. The van der Waals surface area contributed by atoms with Gasteiger partial charge in [-0.05, 0) is 31.2 Å². The van der Waals surface area contributed by atoms with E-state index in [1.807, 2.05) is 37.3 Å². The number of quaternary nitrogens is 1. The van der Waals surface area contributed by atoms with Gasteiger partial charge in [0.15, 0.2) is 6.54 Å². The molecule has 2 aromatic rings. The monoisotopic (exact) mass is 399 g/mol. The molecule has 2 N–H and O–H groups in total. The van der Waals surface area contributed by atoms with Gasteiger partial charge in [0.1, 0.15) is 6.07 Å². The van der Waals surface area contributed by atoms with E-state index in [0.29, 0.717) is 26.2 Å². The van der Waals surface area contributed by atoms with Gasteiger partial charge in [-0.15, -0.1) is 0 Å². The van der Waals surface area contributed by atoms with Crippen LogP contribution in [-0.4, -0.2) is 51.4 Å². The molecule has 1 saturated heterocycles. The molecule has 0 aliphatic carbocycles. The molecular formula is C20H23N4O3S+. The van der Waals surface area contributed by atoms with Gasteiger partial charge in [-0.2, -0.15) is 9.57 Å². The van der Waals surface area contributed by atoms with Gasteiger partial charge < -0.3 is 10.2 Å². The highest BCUT2D eigenvalue weighted by atomic mass is 32.2. The Kier molecular flexibility index (Phi) is 6.09. The minimum atomic E-state index is -3.71. The number of anilines is 1. The summed E-state index contributed by atoms with van der Waals surface area (Å²) < 4.78 is 27.1. The zero-order valence-corrected chi connectivity index (χ0v) is 16.5. The van der Waals surface area contributed by atoms with Gasteiger partial charge in [-0.1, -0.05) is 29.8 Å². The molecule has 3 rings (SSSR count). The van der Waals surface area contributed by atoms with Crippen LogP contribution in [0.1, 0.15) is 11.1 Å². The summed E-state index contributed by atoms with van der Waals surface area (Å²) in [6, 6.07) is 15.8. The zero-order chi connectivity index (χ0) is 20.1. The first-order valence-corrected chi connectivity index (χ1v) is 10.5. The fourth-order valence-electron chi connectivity index (χ4n) is 3.21. The SMILES string of the molecule is Cc1ccc(NC(=O)C[NH+]2CCN(S(=O)(=O)c3ccccc3C#N)CC2)cc1. The third kappa shape index (κ3) is 4.57. The molecule has 2 aromatic carbocycles. The summed E-state index contributed by atoms with van der Waals surface area (Å²) in [5.41, 5.74) is 2.03. The summed E-state index contributed by atoms with van der Waals surface area (Å²) in [4.78, 5) is 13.3. The van der Waals surface area contributed by atoms with Crippen LogP contribution < -0.4 is 10.2 Å². The van der Waals surface area contributed by atoms with E-state index in [0.717, 1.165) is 16.2 Å². The van der Waals surface area contributed by atoms with Gasteiger partial charge in [0.05, 0.1) is 36.6 Å². The van der Waals surface area contributed by atoms with Crippen LogP contribution in [0.4, 0.5) is 5.69 Å². The summed E-state index contributed by atoms with van der Waals surface area (Å²) in [6.07, 6.45) is 0. The smallest absolute Gasteiger partial charge is 0.279 e. The van der Waals surface area contributed by atoms with E-state index in [-0.39, 0.29) is 22.9 Å². The van der Waals surface area contributed by atoms with Crippen LogP contribution in [0.3, 0.4) is 0 Å². The van der Waals surface area contributed by atoms with Gasteiger partial charge in [0.25, 0.3) is 5.91 Å². The lowest BCUT2D eigenvalue weighted by Crippen LogP contribution is -3.15. The Morgan fingerprint density at radius 1 is 1.14 bits per heavy atom. The largest absolute Gasteiger partial charge is 0.325 e. The number of nitrogens with one attached hydrogen (secondary N) is 2. The third-order valence-corrected chi connectivity index (χ3v) is 6.76. The van der Waals surface area contributed by atoms with Crippen molar-refractivity contribution in [3.63, 3.8) is 0 Å². The number of rotatable bonds is 5. The summed E-state index contributed by atoms with van der Waals surface area (Å²) in [6.45, 7) is 3.98. The van der Waals surface area contributed by atoms with Crippen LogP contribution in [0.2, 0.25) is 0 Å². The summed E-state index contributed by atoms with van der Waals surface area (Å²) >= 11 is 0. The minimum absolute atomic E-state index is 0.0399. The summed E-state index contributed by atoms with van der Waals surface area (Å²) in [7, 11) is -3.71. The van der Waals surface area contributed by atoms with Crippen molar-refractivity contribution in [2.45, 2.75) is 11.8 Å². The van der Waals surface area contributed by atoms with Crippen LogP contribution in [0, 0.1) is 18.3 Å². The predicted octanol–water partition coefficient (Wildman–Crippen LogP) is 0.395. The molecule has 146 valence electrons. The minimum Gasteiger partial charge on any atom is -0.325 e. The molecule has 0 spiro atoms. The first-order valence-electron chi connectivity index (χ1n) is 9.09. The second-order valence-electron chi connectivity index (χ2n) is 6.85. The number of hydrogen-bond acceptors (Lipinski definition) is 4. The number of nitrogens with zero attached hydrogens (tertiary/aromatic N) is 2. The molecule has 7 nitrogen and oxygen atoms in total. The van der Waals surface area contributed by atoms with E-state index in [1.165, 1.54) is 16.4 Å². The van der Waals surface area contributed by atoms with Gasteiger partial charge in [-0.3, -0.25) is 4.79 Å². The van der Waals surface area contributed by atoms with Crippen molar-refractivity contribution in [3.8, 4) is 6.07 Å². The van der Waals surface area contributed by atoms with Crippen molar-refractivity contribution in [2.24, 2.45) is 0 Å². The zero-order valence-electron chi connectivity index (χ0n) is 15.7. The van der Waals surface area contributed by atoms with Gasteiger partial charge in [0, 0.05) is 5.69 Å². The quantitative estimate of drug-likeness (QED) is 0.761. The van der Waals surface area contributed by atoms with Crippen LogP contribution in [-0.2, 0) is 14.8 Å². The van der Waals surface area contributed by atoms with E-state index in [1.54, 1.807) is 12.1 Å². The van der Waals surface area contributed by atoms with E-state index in [2.05, 4.69) is 5.32 Å². The Morgan fingerprint density at radius 3 is 2.43 bits per heavy atom. The van der Waals surface area contributed by atoms with Gasteiger partial charge in [-0.25, -0.2) is 8.42 Å². The molecule has 0 atom stereocenters. The molecule has 1 amide bonds. The van der Waals surface area contributed by atoms with Gasteiger partial charge in [0.2, 0.25) is 10.0 Å². The van der Waals surface area contributed by atoms with Gasteiger partial charge >= 0.3 is 0 Å². The predicted molar refractivity (Wildman–Crippen MR) is 105 cm³/mol. The van der Waals surface area contributed by atoms with Crippen molar-refractivity contribution in [2.75, 3.05) is 38.0 Å². The average Bonchev–Trinajstić information content (AvgIpc) is 2.70. The van der Waals surface area contributed by atoms with E-state index >= 15 is 0 Å². The highest BCUT2D eigenvalue weighted by Gasteiger charge is 2.32. The molecule has 0 aromatic heterocycles. The maximum Gasteiger partial charge on any atom is 0.279 e. The lowest BCUT2D eigenvalue weighted by Gasteiger charge is -2.31. The molecule has 1 aliphatic rings. The van der Waals surface area contributed by atoms with Crippen LogP contribution in [0.5, 0.6) is 0 Å². The lowest BCUT2D eigenvalue weighted by molar-refractivity contribution is -0.895. The Hall–Kier alpha value is -2.73. The molecule has 0 saturated carbocycles. The maximum atomic E-state index is 12.9. The number of aryl methyl sites for hydroxylation is 1. The first-order chi connectivity index (χ1) is 13.4. The summed E-state index contributed by atoms with van der Waals surface area (Å²) in [5, 5.41) is 12.0. The molecule has 1 heterocycles. The average molecular weight is 399 g/mol. The highest BCUT2D eigenvalue weighted by Crippen LogP contribution is 2.19. The Bertz CT molecular complexity index is 989. The van der Waals surface area contributed by atoms with E-state index < -0.39 is 10.0 Å². The first kappa shape index (κ1) is 20.0. The van der Waals surface area contributed by atoms with E-state index in [4.69, 9.17) is 0 Å². The van der Waals surface area contributed by atoms with Crippen LogP contribution in [0.15, 0.2) is 53.4 Å². The van der Waals surface area contributed by atoms with Crippen molar-refractivity contribution in [3.05, 3.63) is 59.7 Å². The molecular weight excluding hydrogens is 376 g/mol. The molecule has 0 radical (unpaired) electrons. The number of piperazine rings is 1. The molecule has 1 fully saturated rings. The van der Waals surface area contributed by atoms with Crippen molar-refractivity contribution in [1.29, 1.82) is 5.26 Å². The molecule has 1 aliphatic heterocycles. The van der Waals surface area contributed by atoms with Crippen LogP contribution in [0.25, 0.3) is 0 Å². The molecule has 8 heteroatoms. The van der Waals surface area contributed by atoms with Crippen molar-refractivity contribution in [1.82, 2.24) is 4.31 Å². The lowest BCUT2D eigenvalue weighted by atomic mass is 10.2. The molecule has 0 bridgehead atoms. The standard InChI is InChI=1S/C20H22N4O3S/c1-16-6-8-18(9-7-16)22-20(25)15-23-10-12-24(13-11-23)28(26,27)19-5-3-2-4-17(19)14-21/h2-9H,10-13,15H2,1H3,(H,22,25)/p+1. The fourth-order valence-corrected chi connectivity index (χ4v) is 4.80. The Morgan fingerprint density at radius 2 is 1.79 bits per heavy atom. The number of benzene rings is 2. The highest BCUT2D eigenvalue weighted by molar-refractivity contribution is 7.89. The third-order valence-electron chi connectivity index (χ3n) is 4.80. The Labute approximate surface area is 165 Å². The number of sulfonamides is 1. The van der Waals surface area contributed by atoms with Crippen molar-refractivity contribution >= 4 is 21.6 Å². The Balaban J connectivity index is 1.57. The second kappa shape index (κ2) is 8.52. The normalized spacial score (nSPS) is 15.7.